The Bertz CT molecular complexity index is 219. The number of carbonyl (C=O) groups is 2. The Balaban J connectivity index is 2.45. The van der Waals surface area contributed by atoms with E-state index >= 15 is 0 Å². The highest BCUT2D eigenvalue weighted by molar-refractivity contribution is 5.87. The molecule has 0 aromatic rings. The van der Waals surface area contributed by atoms with Crippen LogP contribution in [-0.2, 0) is 19.1 Å². The molecule has 0 amide bonds. The first-order chi connectivity index (χ1) is 5.77. The molecule has 0 saturated carbocycles. The van der Waals surface area contributed by atoms with Gasteiger partial charge in [-0.2, -0.15) is 0 Å². The molecular formula is C8H10O4. The van der Waals surface area contributed by atoms with Crippen molar-refractivity contribution in [3.63, 3.8) is 0 Å². The lowest BCUT2D eigenvalue weighted by Gasteiger charge is -2.05. The molecule has 0 saturated heterocycles. The van der Waals surface area contributed by atoms with E-state index in [1.807, 2.05) is 0 Å². The van der Waals surface area contributed by atoms with E-state index in [9.17, 15) is 9.59 Å². The molecule has 0 N–H and O–H groups in total. The minimum Gasteiger partial charge on any atom is -0.475 e. The Morgan fingerprint density at radius 2 is 2.67 bits per heavy atom. The van der Waals surface area contributed by atoms with E-state index in [1.165, 1.54) is 0 Å². The maximum atomic E-state index is 11.0. The molecule has 0 aromatic carbocycles. The van der Waals surface area contributed by atoms with Crippen LogP contribution in [0.4, 0.5) is 0 Å². The Hall–Kier alpha value is -1.32. The molecule has 4 nitrogen and oxygen atoms in total. The number of esters is 1. The van der Waals surface area contributed by atoms with Gasteiger partial charge < -0.3 is 9.47 Å². The van der Waals surface area contributed by atoms with Crippen LogP contribution >= 0.6 is 0 Å². The molecule has 12 heavy (non-hydrogen) atoms. The minimum absolute atomic E-state index is 0.147. The molecule has 1 aliphatic rings. The van der Waals surface area contributed by atoms with Gasteiger partial charge in [-0.3, -0.25) is 4.79 Å². The zero-order chi connectivity index (χ0) is 8.97. The lowest BCUT2D eigenvalue weighted by molar-refractivity contribution is -0.143. The van der Waals surface area contributed by atoms with E-state index in [-0.39, 0.29) is 5.76 Å². The van der Waals surface area contributed by atoms with Crippen molar-refractivity contribution in [3.8, 4) is 0 Å². The number of aldehydes is 1. The fourth-order valence-electron chi connectivity index (χ4n) is 0.900. The third kappa shape index (κ3) is 1.84. The van der Waals surface area contributed by atoms with E-state index in [0.717, 1.165) is 0 Å². The Morgan fingerprint density at radius 1 is 1.92 bits per heavy atom. The molecule has 1 heterocycles. The van der Waals surface area contributed by atoms with Crippen molar-refractivity contribution in [2.75, 3.05) is 6.61 Å². The summed E-state index contributed by atoms with van der Waals surface area (Å²) in [5, 5.41) is 0. The lowest BCUT2D eigenvalue weighted by atomic mass is 10.3. The zero-order valence-electron chi connectivity index (χ0n) is 6.78. The largest absolute Gasteiger partial charge is 0.475 e. The van der Waals surface area contributed by atoms with Gasteiger partial charge in [0.15, 0.2) is 12.4 Å². The van der Waals surface area contributed by atoms with Crippen molar-refractivity contribution in [3.05, 3.63) is 11.8 Å². The average molecular weight is 170 g/mol. The molecule has 4 heteroatoms. The van der Waals surface area contributed by atoms with Crippen molar-refractivity contribution >= 4 is 12.3 Å². The van der Waals surface area contributed by atoms with Crippen LogP contribution in [-0.4, -0.2) is 25.0 Å². The second-order valence-electron chi connectivity index (χ2n) is 2.32. The number of hydrogen-bond acceptors (Lipinski definition) is 4. The van der Waals surface area contributed by atoms with E-state index in [1.54, 1.807) is 13.0 Å². The summed E-state index contributed by atoms with van der Waals surface area (Å²) in [5.74, 6) is -0.351. The van der Waals surface area contributed by atoms with Gasteiger partial charge in [0.1, 0.15) is 0 Å². The highest BCUT2D eigenvalue weighted by atomic mass is 16.6. The van der Waals surface area contributed by atoms with Crippen LogP contribution in [0.25, 0.3) is 0 Å². The number of hydrogen-bond donors (Lipinski definition) is 0. The summed E-state index contributed by atoms with van der Waals surface area (Å²) in [6.07, 6.45) is 2.18. The maximum absolute atomic E-state index is 11.0. The second-order valence-corrected chi connectivity index (χ2v) is 2.32. The first-order valence-electron chi connectivity index (χ1n) is 3.77. The molecule has 0 aromatic heterocycles. The number of rotatable bonds is 3. The van der Waals surface area contributed by atoms with Crippen molar-refractivity contribution in [1.82, 2.24) is 0 Å². The molecule has 0 aliphatic carbocycles. The fraction of sp³-hybridized carbons (Fsp3) is 0.500. The van der Waals surface area contributed by atoms with Crippen LogP contribution in [0.1, 0.15) is 13.3 Å². The summed E-state index contributed by atoms with van der Waals surface area (Å²) in [6.45, 7) is 2.02. The van der Waals surface area contributed by atoms with Crippen LogP contribution in [0, 0.1) is 0 Å². The number of carbonyl (C=O) groups excluding carboxylic acids is 2. The third-order valence-corrected chi connectivity index (χ3v) is 1.44. The maximum Gasteiger partial charge on any atom is 0.373 e. The first kappa shape index (κ1) is 8.77. The molecule has 0 fully saturated rings. The Kier molecular flexibility index (Phi) is 2.85. The van der Waals surface area contributed by atoms with Crippen molar-refractivity contribution in [2.24, 2.45) is 0 Å². The van der Waals surface area contributed by atoms with Gasteiger partial charge in [-0.05, 0) is 13.0 Å². The van der Waals surface area contributed by atoms with Gasteiger partial charge in [0.25, 0.3) is 0 Å². The standard InChI is InChI=1S/C8H10O4/c1-2-11-8(10)7-4-3-6(5-9)12-7/h4-6H,2-3H2,1H3/t6-/m1/s1. The summed E-state index contributed by atoms with van der Waals surface area (Å²) in [5.41, 5.74) is 0. The molecule has 1 atom stereocenters. The monoisotopic (exact) mass is 170 g/mol. The predicted octanol–water partition coefficient (Wildman–Crippen LogP) is 0.421. The van der Waals surface area contributed by atoms with Gasteiger partial charge in [0.2, 0.25) is 5.76 Å². The topological polar surface area (TPSA) is 52.6 Å². The van der Waals surface area contributed by atoms with E-state index in [4.69, 9.17) is 4.74 Å². The highest BCUT2D eigenvalue weighted by Gasteiger charge is 2.23. The molecule has 0 radical (unpaired) electrons. The lowest BCUT2D eigenvalue weighted by Crippen LogP contribution is -2.13. The van der Waals surface area contributed by atoms with E-state index in [2.05, 4.69) is 4.74 Å². The average Bonchev–Trinajstić information content (AvgIpc) is 2.52. The molecule has 0 unspecified atom stereocenters. The van der Waals surface area contributed by atoms with Gasteiger partial charge in [-0.25, -0.2) is 4.79 Å². The van der Waals surface area contributed by atoms with Gasteiger partial charge in [-0.1, -0.05) is 0 Å². The predicted molar refractivity (Wildman–Crippen MR) is 40.3 cm³/mol. The Morgan fingerprint density at radius 3 is 3.17 bits per heavy atom. The first-order valence-corrected chi connectivity index (χ1v) is 3.77. The third-order valence-electron chi connectivity index (χ3n) is 1.44. The van der Waals surface area contributed by atoms with Gasteiger partial charge in [-0.15, -0.1) is 0 Å². The van der Waals surface area contributed by atoms with Crippen LogP contribution in [0.5, 0.6) is 0 Å². The molecule has 1 rings (SSSR count). The van der Waals surface area contributed by atoms with Crippen LogP contribution < -0.4 is 0 Å². The second kappa shape index (κ2) is 3.90. The smallest absolute Gasteiger partial charge is 0.373 e. The van der Waals surface area contributed by atoms with Gasteiger partial charge in [0, 0.05) is 6.42 Å². The van der Waals surface area contributed by atoms with Crippen LogP contribution in [0.3, 0.4) is 0 Å². The zero-order valence-corrected chi connectivity index (χ0v) is 6.78. The Labute approximate surface area is 70.1 Å². The molecule has 0 spiro atoms. The molecule has 1 aliphatic heterocycles. The SMILES string of the molecule is CCOC(=O)C1=CC[C@H](C=O)O1. The number of ether oxygens (including phenoxy) is 2. The van der Waals surface area contributed by atoms with Gasteiger partial charge in [0.05, 0.1) is 6.61 Å². The van der Waals surface area contributed by atoms with Gasteiger partial charge >= 0.3 is 5.97 Å². The minimum atomic E-state index is -0.510. The highest BCUT2D eigenvalue weighted by Crippen LogP contribution is 2.16. The summed E-state index contributed by atoms with van der Waals surface area (Å²) < 4.78 is 9.61. The van der Waals surface area contributed by atoms with E-state index < -0.39 is 12.1 Å². The summed E-state index contributed by atoms with van der Waals surface area (Å²) in [7, 11) is 0. The normalized spacial score (nSPS) is 21.1. The molecular weight excluding hydrogens is 160 g/mol. The van der Waals surface area contributed by atoms with Crippen molar-refractivity contribution < 1.29 is 19.1 Å². The molecule has 0 bridgehead atoms. The summed E-state index contributed by atoms with van der Waals surface area (Å²) in [4.78, 5) is 21.2. The summed E-state index contributed by atoms with van der Waals surface area (Å²) >= 11 is 0. The summed E-state index contributed by atoms with van der Waals surface area (Å²) in [6, 6.07) is 0. The molecule has 66 valence electrons. The van der Waals surface area contributed by atoms with Crippen molar-refractivity contribution in [1.29, 1.82) is 0 Å². The quantitative estimate of drug-likeness (QED) is 0.455. The fourth-order valence-corrected chi connectivity index (χ4v) is 0.900. The van der Waals surface area contributed by atoms with Crippen LogP contribution in [0.15, 0.2) is 11.8 Å². The van der Waals surface area contributed by atoms with E-state index in [0.29, 0.717) is 19.3 Å². The van der Waals surface area contributed by atoms with Crippen molar-refractivity contribution in [2.45, 2.75) is 19.4 Å². The van der Waals surface area contributed by atoms with Crippen LogP contribution in [0.2, 0.25) is 0 Å².